The molecular weight excluding hydrogens is 460 g/mol. The van der Waals surface area contributed by atoms with Crippen LogP contribution in [0.2, 0.25) is 0 Å². The summed E-state index contributed by atoms with van der Waals surface area (Å²) in [6.07, 6.45) is 5.65. The van der Waals surface area contributed by atoms with Crippen molar-refractivity contribution in [3.05, 3.63) is 44.9 Å². The summed E-state index contributed by atoms with van der Waals surface area (Å²) >= 11 is 3.39. The van der Waals surface area contributed by atoms with E-state index in [-0.39, 0.29) is 29.9 Å². The van der Waals surface area contributed by atoms with Crippen LogP contribution in [-0.2, 0) is 17.9 Å². The Morgan fingerprint density at radius 1 is 1.32 bits per heavy atom. The lowest BCUT2D eigenvalue weighted by Crippen LogP contribution is -2.58. The molecule has 4 N–H and O–H groups in total. The van der Waals surface area contributed by atoms with E-state index in [2.05, 4.69) is 57.4 Å². The van der Waals surface area contributed by atoms with Gasteiger partial charge in [-0.3, -0.25) is 14.6 Å². The van der Waals surface area contributed by atoms with Gasteiger partial charge in [-0.1, -0.05) is 20.8 Å². The van der Waals surface area contributed by atoms with Crippen LogP contribution in [0.25, 0.3) is 0 Å². The first-order valence-corrected chi connectivity index (χ1v) is 11.5. The van der Waals surface area contributed by atoms with Gasteiger partial charge in [-0.25, -0.2) is 4.68 Å². The molecule has 9 heteroatoms. The van der Waals surface area contributed by atoms with Crippen molar-refractivity contribution < 1.29 is 4.79 Å². The maximum Gasteiger partial charge on any atom is 0.283 e. The van der Waals surface area contributed by atoms with E-state index >= 15 is 0 Å². The molecule has 3 saturated carbocycles. The first-order chi connectivity index (χ1) is 14.7. The third kappa shape index (κ3) is 4.07. The van der Waals surface area contributed by atoms with Crippen LogP contribution in [0.4, 0.5) is 11.5 Å². The molecule has 0 saturated heterocycles. The summed E-state index contributed by atoms with van der Waals surface area (Å²) in [5.74, 6) is 1.72. The van der Waals surface area contributed by atoms with Crippen LogP contribution >= 0.6 is 15.9 Å². The number of pyridine rings is 1. The Kier molecular flexibility index (Phi) is 5.81. The van der Waals surface area contributed by atoms with Crippen molar-refractivity contribution in [3.63, 3.8) is 0 Å². The third-order valence-electron chi connectivity index (χ3n) is 7.34. The highest BCUT2D eigenvalue weighted by molar-refractivity contribution is 9.10. The van der Waals surface area contributed by atoms with Gasteiger partial charge in [-0.2, -0.15) is 0 Å². The quantitative estimate of drug-likeness (QED) is 0.575. The monoisotopic (exact) mass is 488 g/mol. The average Bonchev–Trinajstić information content (AvgIpc) is 2.74. The first-order valence-electron chi connectivity index (χ1n) is 10.7. The average molecular weight is 489 g/mol. The number of hydrogen-bond acceptors (Lipinski definition) is 6. The van der Waals surface area contributed by atoms with Crippen LogP contribution in [0.15, 0.2) is 33.8 Å². The van der Waals surface area contributed by atoms with E-state index in [1.54, 1.807) is 12.4 Å². The van der Waals surface area contributed by atoms with Crippen LogP contribution in [0.1, 0.15) is 39.2 Å². The Morgan fingerprint density at radius 3 is 2.68 bits per heavy atom. The highest BCUT2D eigenvalue weighted by Crippen LogP contribution is 2.61. The number of nitrogens with zero attached hydrogens (tertiary/aromatic N) is 3. The first kappa shape index (κ1) is 21.8. The molecule has 3 aliphatic rings. The van der Waals surface area contributed by atoms with Crippen LogP contribution in [0.5, 0.6) is 0 Å². The zero-order chi connectivity index (χ0) is 22.3. The fourth-order valence-electron chi connectivity index (χ4n) is 5.22. The minimum absolute atomic E-state index is 0.203. The molecule has 2 heterocycles. The number of amides is 1. The second kappa shape index (κ2) is 8.26. The predicted molar refractivity (Wildman–Crippen MR) is 123 cm³/mol. The molecule has 0 spiro atoms. The molecule has 5 rings (SSSR count). The second-order valence-corrected chi connectivity index (χ2v) is 10.2. The van der Waals surface area contributed by atoms with E-state index in [4.69, 9.17) is 5.73 Å². The summed E-state index contributed by atoms with van der Waals surface area (Å²) in [5.41, 5.74) is 7.63. The lowest BCUT2D eigenvalue weighted by molar-refractivity contribution is -0.122. The Labute approximate surface area is 190 Å². The van der Waals surface area contributed by atoms with E-state index in [9.17, 15) is 9.59 Å². The predicted octanol–water partition coefficient (Wildman–Crippen LogP) is 2.78. The Balaban J connectivity index is 1.44. The molecule has 0 radical (unpaired) electrons. The van der Waals surface area contributed by atoms with Gasteiger partial charge in [0.2, 0.25) is 5.91 Å². The summed E-state index contributed by atoms with van der Waals surface area (Å²) in [5, 5.41) is 10.5. The summed E-state index contributed by atoms with van der Waals surface area (Å²) in [6.45, 7) is 7.12. The van der Waals surface area contributed by atoms with Gasteiger partial charge in [-0.15, -0.1) is 5.10 Å². The number of rotatable bonds is 6. The number of nitrogens with two attached hydrogens (primary N) is 1. The normalized spacial score (nSPS) is 26.1. The number of anilines is 2. The standard InChI is InChI=1S/C22H29BrN6O2/c1-12-15-8-14(22(15,2)3)9-16(12)27-19-18(23)21(31)29(28-20(19)24)11-17(30)26-10-13-4-6-25-7-5-13/h4-7,12,14-16,27H,8-11H2,1-3H3,(H2,24,28)(H,26,30)/t12-,14+,15-,16-/m1/s1. The maximum absolute atomic E-state index is 12.8. The molecule has 166 valence electrons. The summed E-state index contributed by atoms with van der Waals surface area (Å²) < 4.78 is 1.41. The number of halogens is 1. The van der Waals surface area contributed by atoms with Gasteiger partial charge >= 0.3 is 0 Å². The molecule has 4 atom stereocenters. The SMILES string of the molecule is C[C@@H]1[C@H]2C[C@@H](C[C@H]1Nc1c(N)nn(CC(=O)NCc3ccncc3)c(=O)c1Br)C2(C)C. The molecule has 3 aliphatic carbocycles. The Hall–Kier alpha value is -2.42. The topological polar surface area (TPSA) is 115 Å². The van der Waals surface area contributed by atoms with Crippen molar-refractivity contribution in [3.8, 4) is 0 Å². The largest absolute Gasteiger partial charge is 0.381 e. The summed E-state index contributed by atoms with van der Waals surface area (Å²) in [4.78, 5) is 29.1. The fraction of sp³-hybridized carbons (Fsp3) is 0.545. The van der Waals surface area contributed by atoms with E-state index in [0.717, 1.165) is 16.7 Å². The number of nitrogens with one attached hydrogen (secondary N) is 2. The van der Waals surface area contributed by atoms with E-state index < -0.39 is 0 Å². The van der Waals surface area contributed by atoms with Gasteiger partial charge in [0.25, 0.3) is 5.56 Å². The van der Waals surface area contributed by atoms with E-state index in [0.29, 0.717) is 39.9 Å². The number of carbonyl (C=O) groups excluding carboxylic acids is 1. The van der Waals surface area contributed by atoms with Crippen molar-refractivity contribution >= 4 is 33.3 Å². The number of nitrogen functional groups attached to an aromatic ring is 1. The molecule has 2 bridgehead atoms. The molecular formula is C22H29BrN6O2. The molecule has 8 nitrogen and oxygen atoms in total. The molecule has 2 aromatic heterocycles. The van der Waals surface area contributed by atoms with Gasteiger partial charge in [-0.05, 0) is 69.6 Å². The molecule has 0 aromatic carbocycles. The van der Waals surface area contributed by atoms with Crippen LogP contribution in [-0.4, -0.2) is 26.7 Å². The van der Waals surface area contributed by atoms with Gasteiger partial charge < -0.3 is 16.4 Å². The molecule has 2 aromatic rings. The molecule has 31 heavy (non-hydrogen) atoms. The minimum Gasteiger partial charge on any atom is -0.381 e. The van der Waals surface area contributed by atoms with Crippen molar-refractivity contribution in [2.24, 2.45) is 23.2 Å². The van der Waals surface area contributed by atoms with Crippen molar-refractivity contribution in [1.82, 2.24) is 20.1 Å². The fourth-order valence-corrected chi connectivity index (χ4v) is 5.74. The van der Waals surface area contributed by atoms with Crippen LogP contribution in [0, 0.1) is 23.2 Å². The van der Waals surface area contributed by atoms with Crippen molar-refractivity contribution in [2.45, 2.75) is 52.7 Å². The van der Waals surface area contributed by atoms with Gasteiger partial charge in [0.15, 0.2) is 5.82 Å². The van der Waals surface area contributed by atoms with Crippen molar-refractivity contribution in [2.75, 3.05) is 11.1 Å². The highest BCUT2D eigenvalue weighted by atomic mass is 79.9. The molecule has 0 aliphatic heterocycles. The van der Waals surface area contributed by atoms with Gasteiger partial charge in [0.05, 0.1) is 5.69 Å². The Morgan fingerprint density at radius 2 is 2.03 bits per heavy atom. The Bertz CT molecular complexity index is 1040. The molecule has 1 amide bonds. The molecule has 0 unspecified atom stereocenters. The lowest BCUT2D eigenvalue weighted by Gasteiger charge is -2.62. The summed E-state index contributed by atoms with van der Waals surface area (Å²) in [6, 6.07) is 3.88. The summed E-state index contributed by atoms with van der Waals surface area (Å²) in [7, 11) is 0. The van der Waals surface area contributed by atoms with Crippen LogP contribution in [0.3, 0.4) is 0 Å². The second-order valence-electron chi connectivity index (χ2n) is 9.38. The zero-order valence-corrected chi connectivity index (χ0v) is 19.6. The number of aromatic nitrogens is 3. The van der Waals surface area contributed by atoms with Crippen LogP contribution < -0.4 is 21.9 Å². The van der Waals surface area contributed by atoms with Gasteiger partial charge in [0, 0.05) is 25.0 Å². The molecule has 3 fully saturated rings. The number of fused-ring (bicyclic) bond motifs is 2. The minimum atomic E-state index is -0.385. The lowest BCUT2D eigenvalue weighted by atomic mass is 9.45. The van der Waals surface area contributed by atoms with Crippen molar-refractivity contribution in [1.29, 1.82) is 0 Å². The maximum atomic E-state index is 12.8. The number of hydrogen-bond donors (Lipinski definition) is 3. The van der Waals surface area contributed by atoms with E-state index in [1.807, 2.05) is 12.1 Å². The highest BCUT2D eigenvalue weighted by Gasteiger charge is 2.56. The zero-order valence-electron chi connectivity index (χ0n) is 18.1. The third-order valence-corrected chi connectivity index (χ3v) is 8.08. The smallest absolute Gasteiger partial charge is 0.283 e. The van der Waals surface area contributed by atoms with Gasteiger partial charge in [0.1, 0.15) is 11.0 Å². The number of carbonyl (C=O) groups is 1. The van der Waals surface area contributed by atoms with E-state index in [1.165, 1.54) is 6.42 Å².